The second kappa shape index (κ2) is 12.2. The number of nitrogens with one attached hydrogen (secondary N) is 1. The third kappa shape index (κ3) is 6.38. The lowest BCUT2D eigenvalue weighted by molar-refractivity contribution is 0.300. The number of hydrogen-bond acceptors (Lipinski definition) is 6. The van der Waals surface area contributed by atoms with E-state index in [1.54, 1.807) is 18.4 Å². The van der Waals surface area contributed by atoms with Gasteiger partial charge in [0.25, 0.3) is 0 Å². The number of aromatic nitrogens is 1. The molecule has 4 rings (SSSR count). The summed E-state index contributed by atoms with van der Waals surface area (Å²) >= 11 is 1.80. The van der Waals surface area contributed by atoms with E-state index in [0.717, 1.165) is 49.1 Å². The molecule has 1 saturated heterocycles. The number of benzene rings is 2. The second-order valence-electron chi connectivity index (χ2n) is 7.13. The summed E-state index contributed by atoms with van der Waals surface area (Å²) in [7, 11) is 1.67. The van der Waals surface area contributed by atoms with Crippen LogP contribution in [0.25, 0.3) is 10.2 Å². The van der Waals surface area contributed by atoms with Crippen LogP contribution in [0.1, 0.15) is 12.8 Å². The Balaban J connectivity index is 0.00000160. The van der Waals surface area contributed by atoms with Crippen LogP contribution >= 0.6 is 36.2 Å². The minimum absolute atomic E-state index is 0. The molecule has 5 nitrogen and oxygen atoms in total. The number of hydrogen-bond donors (Lipinski definition) is 1. The SMILES string of the molecule is COc1cccc(OCCNCC2CCN(c3nc4ccccc4s3)CC2)c1.Cl.Cl. The van der Waals surface area contributed by atoms with E-state index in [1.165, 1.54) is 22.7 Å². The molecule has 30 heavy (non-hydrogen) atoms. The van der Waals surface area contributed by atoms with Crippen molar-refractivity contribution in [3.05, 3.63) is 48.5 Å². The monoisotopic (exact) mass is 469 g/mol. The van der Waals surface area contributed by atoms with E-state index in [1.807, 2.05) is 24.3 Å². The number of nitrogens with zero attached hydrogens (tertiary/aromatic N) is 2. The van der Waals surface area contributed by atoms with E-state index in [9.17, 15) is 0 Å². The van der Waals surface area contributed by atoms with Crippen LogP contribution in [-0.4, -0.2) is 44.9 Å². The van der Waals surface area contributed by atoms with Crippen molar-refractivity contribution < 1.29 is 9.47 Å². The van der Waals surface area contributed by atoms with Crippen molar-refractivity contribution in [2.45, 2.75) is 12.8 Å². The highest BCUT2D eigenvalue weighted by atomic mass is 35.5. The minimum atomic E-state index is 0. The van der Waals surface area contributed by atoms with Gasteiger partial charge in [0.05, 0.1) is 17.3 Å². The summed E-state index contributed by atoms with van der Waals surface area (Å²) in [5, 5.41) is 4.71. The van der Waals surface area contributed by atoms with Gasteiger partial charge in [0.15, 0.2) is 5.13 Å². The predicted molar refractivity (Wildman–Crippen MR) is 130 cm³/mol. The Morgan fingerprint density at radius 3 is 2.60 bits per heavy atom. The third-order valence-corrected chi connectivity index (χ3v) is 6.29. The normalized spacial score (nSPS) is 14.1. The second-order valence-corrected chi connectivity index (χ2v) is 8.14. The van der Waals surface area contributed by atoms with Crippen molar-refractivity contribution in [3.63, 3.8) is 0 Å². The third-order valence-electron chi connectivity index (χ3n) is 5.19. The molecule has 1 aromatic heterocycles. The molecule has 0 saturated carbocycles. The van der Waals surface area contributed by atoms with Crippen molar-refractivity contribution in [3.8, 4) is 11.5 Å². The first-order chi connectivity index (χ1) is 13.8. The maximum absolute atomic E-state index is 5.78. The Morgan fingerprint density at radius 2 is 1.83 bits per heavy atom. The Kier molecular flexibility index (Phi) is 9.98. The summed E-state index contributed by atoms with van der Waals surface area (Å²) in [6.45, 7) is 4.75. The number of fused-ring (bicyclic) bond motifs is 1. The summed E-state index contributed by atoms with van der Waals surface area (Å²) in [5.74, 6) is 2.40. The summed E-state index contributed by atoms with van der Waals surface area (Å²) in [6, 6.07) is 16.1. The van der Waals surface area contributed by atoms with Crippen LogP contribution in [0.15, 0.2) is 48.5 Å². The van der Waals surface area contributed by atoms with Crippen LogP contribution in [0.4, 0.5) is 5.13 Å². The quantitative estimate of drug-likeness (QED) is 0.468. The van der Waals surface area contributed by atoms with E-state index in [4.69, 9.17) is 14.5 Å². The lowest BCUT2D eigenvalue weighted by atomic mass is 9.97. The number of halogens is 2. The average molecular weight is 470 g/mol. The van der Waals surface area contributed by atoms with Crippen LogP contribution in [0.2, 0.25) is 0 Å². The molecule has 0 unspecified atom stereocenters. The van der Waals surface area contributed by atoms with Crippen molar-refractivity contribution in [2.24, 2.45) is 5.92 Å². The van der Waals surface area contributed by atoms with Gasteiger partial charge in [0.1, 0.15) is 18.1 Å². The van der Waals surface area contributed by atoms with E-state index in [0.29, 0.717) is 6.61 Å². The van der Waals surface area contributed by atoms with Gasteiger partial charge in [-0.2, -0.15) is 0 Å². The minimum Gasteiger partial charge on any atom is -0.497 e. The number of piperidine rings is 1. The highest BCUT2D eigenvalue weighted by Gasteiger charge is 2.21. The summed E-state index contributed by atoms with van der Waals surface area (Å²) in [5.41, 5.74) is 1.11. The number of para-hydroxylation sites is 1. The maximum atomic E-state index is 5.78. The summed E-state index contributed by atoms with van der Waals surface area (Å²) < 4.78 is 12.3. The number of thiazole rings is 1. The van der Waals surface area contributed by atoms with E-state index < -0.39 is 0 Å². The van der Waals surface area contributed by atoms with Crippen LogP contribution in [0, 0.1) is 5.92 Å². The Bertz CT molecular complexity index is 868. The van der Waals surface area contributed by atoms with Gasteiger partial charge in [-0.3, -0.25) is 0 Å². The molecule has 3 aromatic rings. The number of rotatable bonds is 8. The summed E-state index contributed by atoms with van der Waals surface area (Å²) in [6.07, 6.45) is 2.42. The van der Waals surface area contributed by atoms with Crippen molar-refractivity contribution >= 4 is 51.5 Å². The molecule has 1 aliphatic heterocycles. The summed E-state index contributed by atoms with van der Waals surface area (Å²) in [4.78, 5) is 7.23. The Hall–Kier alpha value is -1.73. The van der Waals surface area contributed by atoms with E-state index in [2.05, 4.69) is 34.5 Å². The molecule has 8 heteroatoms. The smallest absolute Gasteiger partial charge is 0.186 e. The lowest BCUT2D eigenvalue weighted by Gasteiger charge is -2.31. The maximum Gasteiger partial charge on any atom is 0.186 e. The van der Waals surface area contributed by atoms with Gasteiger partial charge < -0.3 is 19.7 Å². The first kappa shape index (κ1) is 24.5. The van der Waals surface area contributed by atoms with Crippen molar-refractivity contribution in [2.75, 3.05) is 44.8 Å². The highest BCUT2D eigenvalue weighted by molar-refractivity contribution is 7.22. The highest BCUT2D eigenvalue weighted by Crippen LogP contribution is 2.31. The van der Waals surface area contributed by atoms with E-state index >= 15 is 0 Å². The molecule has 164 valence electrons. The van der Waals surface area contributed by atoms with Gasteiger partial charge >= 0.3 is 0 Å². The predicted octanol–water partition coefficient (Wildman–Crippen LogP) is 5.03. The molecule has 0 aliphatic carbocycles. The number of ether oxygens (including phenoxy) is 2. The Labute approximate surface area is 194 Å². The Morgan fingerprint density at radius 1 is 1.07 bits per heavy atom. The molecule has 0 radical (unpaired) electrons. The number of methoxy groups -OCH3 is 1. The van der Waals surface area contributed by atoms with Crippen LogP contribution in [-0.2, 0) is 0 Å². The molecule has 0 atom stereocenters. The molecule has 0 spiro atoms. The molecular weight excluding hydrogens is 441 g/mol. The van der Waals surface area contributed by atoms with Gasteiger partial charge in [-0.15, -0.1) is 24.8 Å². The molecule has 2 aromatic carbocycles. The fraction of sp³-hybridized carbons (Fsp3) is 0.409. The molecular formula is C22H29Cl2N3O2S. The first-order valence-electron chi connectivity index (χ1n) is 9.90. The van der Waals surface area contributed by atoms with Gasteiger partial charge in [0.2, 0.25) is 0 Å². The van der Waals surface area contributed by atoms with Crippen LogP contribution in [0.3, 0.4) is 0 Å². The zero-order valence-corrected chi connectivity index (χ0v) is 19.5. The van der Waals surface area contributed by atoms with Gasteiger partial charge in [0, 0.05) is 25.7 Å². The molecule has 2 heterocycles. The van der Waals surface area contributed by atoms with Crippen molar-refractivity contribution in [1.29, 1.82) is 0 Å². The first-order valence-corrected chi connectivity index (χ1v) is 10.7. The van der Waals surface area contributed by atoms with Gasteiger partial charge in [-0.25, -0.2) is 4.98 Å². The molecule has 0 bridgehead atoms. The zero-order chi connectivity index (χ0) is 19.2. The van der Waals surface area contributed by atoms with Gasteiger partial charge in [-0.1, -0.05) is 29.5 Å². The van der Waals surface area contributed by atoms with Crippen molar-refractivity contribution in [1.82, 2.24) is 10.3 Å². The average Bonchev–Trinajstić information content (AvgIpc) is 3.18. The number of anilines is 1. The van der Waals surface area contributed by atoms with Crippen LogP contribution in [0.5, 0.6) is 11.5 Å². The molecule has 0 amide bonds. The topological polar surface area (TPSA) is 46.6 Å². The fourth-order valence-electron chi connectivity index (χ4n) is 3.56. The zero-order valence-electron chi connectivity index (χ0n) is 17.1. The van der Waals surface area contributed by atoms with E-state index in [-0.39, 0.29) is 24.8 Å². The van der Waals surface area contributed by atoms with Gasteiger partial charge in [-0.05, 0) is 49.6 Å². The lowest BCUT2D eigenvalue weighted by Crippen LogP contribution is -2.38. The standard InChI is InChI=1S/C22H27N3O2S.2ClH/c1-26-18-5-4-6-19(15-18)27-14-11-23-16-17-9-12-25(13-10-17)22-24-20-7-2-3-8-21(20)28-22;;/h2-8,15,17,23H,9-14,16H2,1H3;2*1H. The largest absolute Gasteiger partial charge is 0.497 e. The van der Waals surface area contributed by atoms with Crippen LogP contribution < -0.4 is 19.7 Å². The molecule has 1 aliphatic rings. The fourth-order valence-corrected chi connectivity index (χ4v) is 4.58. The molecule has 1 fully saturated rings. The molecule has 1 N–H and O–H groups in total.